The number of carboxylic acid groups (broad SMARTS) is 3. The molecule has 28 nitrogen and oxygen atoms in total. The number of aliphatic hydroxyl groups excluding tert-OH is 5. The second kappa shape index (κ2) is 26.2. The van der Waals surface area contributed by atoms with Gasteiger partial charge in [0.1, 0.15) is 85.5 Å². The van der Waals surface area contributed by atoms with Gasteiger partial charge in [0.25, 0.3) is 0 Å². The zero-order valence-electron chi connectivity index (χ0n) is 35.0. The van der Waals surface area contributed by atoms with Crippen molar-refractivity contribution in [2.45, 2.75) is 132 Å². The summed E-state index contributed by atoms with van der Waals surface area (Å²) in [5.41, 5.74) is 5.45. The van der Waals surface area contributed by atoms with Crippen LogP contribution in [0, 0.1) is 0 Å². The summed E-state index contributed by atoms with van der Waals surface area (Å²) in [6.45, 7) is 1.93. The number of amides is 6. The number of hydrogen-bond acceptors (Lipinski definition) is 20. The quantitative estimate of drug-likeness (QED) is 0.0404. The van der Waals surface area contributed by atoms with E-state index in [0.29, 0.717) is 0 Å². The zero-order chi connectivity index (χ0) is 48.6. The van der Waals surface area contributed by atoms with E-state index in [2.05, 4.69) is 31.9 Å². The van der Waals surface area contributed by atoms with Crippen LogP contribution in [0.3, 0.4) is 0 Å². The fraction of sp³-hybridized carbons (Fsp3) is 0.743. The largest absolute Gasteiger partial charge is 0.480 e. The highest BCUT2D eigenvalue weighted by molar-refractivity contribution is 7.99. The van der Waals surface area contributed by atoms with Gasteiger partial charge in [-0.3, -0.25) is 38.4 Å². The summed E-state index contributed by atoms with van der Waals surface area (Å²) in [4.78, 5) is 110. The average Bonchev–Trinajstić information content (AvgIpc) is 3.21. The molecule has 2 aliphatic heterocycles. The van der Waals surface area contributed by atoms with Gasteiger partial charge < -0.3 is 97.4 Å². The average molecular weight is 944 g/mol. The number of nitrogens with two attached hydrogens (primary N) is 1. The second-order valence-electron chi connectivity index (χ2n) is 14.6. The summed E-state index contributed by atoms with van der Waals surface area (Å²) in [6, 6.07) is -9.01. The number of rotatable bonds is 25. The number of hydrogen-bond donors (Lipinski definition) is 15. The first-order valence-electron chi connectivity index (χ1n) is 19.5. The molecule has 0 aromatic heterocycles. The molecule has 2 aliphatic rings. The van der Waals surface area contributed by atoms with Crippen molar-refractivity contribution in [2.75, 3.05) is 31.3 Å². The van der Waals surface area contributed by atoms with Gasteiger partial charge in [-0.25, -0.2) is 4.79 Å². The van der Waals surface area contributed by atoms with Crippen molar-refractivity contribution >= 4 is 65.1 Å². The summed E-state index contributed by atoms with van der Waals surface area (Å²) in [5.74, 6) is -10.2. The number of aliphatic carboxylic acids is 3. The highest BCUT2D eigenvalue weighted by atomic mass is 32.2. The van der Waals surface area contributed by atoms with E-state index in [1.54, 1.807) is 0 Å². The number of aliphatic hydroxyl groups is 5. The smallest absolute Gasteiger partial charge is 0.326 e. The standard InChI is InChI=1S/C35H57N7O21S/c1-12(29(52)42-17(33(57)58)5-6-21(47)41-18(31(54)37-7-22(48)49)11-64-10-16(36)32(55)56)38-30(53)13(2)60-28-24(40-15(4)46)34(59)61-20(9-44)27(28)63-35-23(39-14(3)45)26(51)25(50)19(8-43)62-35/h12-13,16-20,23-28,34-35,43-44,50-51,59H,5-11,36H2,1-4H3,(H,37,54)(H,38,53)(H,39,45)(H,40,46)(H,41,47)(H,42,52)(H,48,49)(H,55,56)(H,57,58). The van der Waals surface area contributed by atoms with Crippen LogP contribution in [0.5, 0.6) is 0 Å². The van der Waals surface area contributed by atoms with Gasteiger partial charge >= 0.3 is 17.9 Å². The molecule has 0 aromatic carbocycles. The predicted octanol–water partition coefficient (Wildman–Crippen LogP) is -8.01. The van der Waals surface area contributed by atoms with Crippen molar-refractivity contribution in [2.24, 2.45) is 5.73 Å². The third kappa shape index (κ3) is 17.0. The highest BCUT2D eigenvalue weighted by Gasteiger charge is 2.53. The van der Waals surface area contributed by atoms with Crippen molar-refractivity contribution in [3.05, 3.63) is 0 Å². The molecule has 29 heteroatoms. The van der Waals surface area contributed by atoms with Gasteiger partial charge in [0.15, 0.2) is 12.6 Å². The lowest BCUT2D eigenvalue weighted by atomic mass is 9.94. The van der Waals surface area contributed by atoms with E-state index < -0.39 is 178 Å². The summed E-state index contributed by atoms with van der Waals surface area (Å²) in [7, 11) is 0. The molecule has 2 fully saturated rings. The van der Waals surface area contributed by atoms with E-state index in [1.807, 2.05) is 0 Å². The molecular weight excluding hydrogens is 886 g/mol. The van der Waals surface area contributed by atoms with Crippen molar-refractivity contribution in [3.8, 4) is 0 Å². The number of nitrogens with one attached hydrogen (secondary N) is 6. The van der Waals surface area contributed by atoms with E-state index in [9.17, 15) is 73.8 Å². The number of ether oxygens (including phenoxy) is 4. The first kappa shape index (κ1) is 55.3. The Bertz CT molecular complexity index is 1660. The minimum Gasteiger partial charge on any atom is -0.480 e. The van der Waals surface area contributed by atoms with Gasteiger partial charge in [0, 0.05) is 31.8 Å². The predicted molar refractivity (Wildman–Crippen MR) is 212 cm³/mol. The Labute approximate surface area is 368 Å². The van der Waals surface area contributed by atoms with Crippen LogP contribution in [-0.2, 0) is 62.1 Å². The fourth-order valence-electron chi connectivity index (χ4n) is 6.17. The van der Waals surface area contributed by atoms with Crippen LogP contribution >= 0.6 is 11.8 Å². The van der Waals surface area contributed by atoms with Crippen LogP contribution in [-0.4, -0.2) is 217 Å². The number of carbonyl (C=O) groups excluding carboxylic acids is 6. The van der Waals surface area contributed by atoms with Crippen molar-refractivity contribution < 1.29 is 103 Å². The molecule has 0 spiro atoms. The first-order valence-corrected chi connectivity index (χ1v) is 20.7. The third-order valence-electron chi connectivity index (χ3n) is 9.48. The fourth-order valence-corrected chi connectivity index (χ4v) is 7.17. The SMILES string of the molecule is CC(=O)NC1C(OC2C(CO)OC(O)C(NC(C)=O)C2OC(C)C(=O)NC(C)C(=O)NC(CCC(=O)NC(CSCC(N)C(=O)O)C(=O)NCC(=O)O)C(=O)O)OC(CO)C(O)C1O. The van der Waals surface area contributed by atoms with Crippen LogP contribution in [0.2, 0.25) is 0 Å². The number of thioether (sulfide) groups is 1. The molecule has 15 unspecified atom stereocenters. The number of carbonyl (C=O) groups is 9. The Morgan fingerprint density at radius 1 is 0.719 bits per heavy atom. The normalized spacial score (nSPS) is 27.8. The van der Waals surface area contributed by atoms with Crippen molar-refractivity contribution in [3.63, 3.8) is 0 Å². The zero-order valence-corrected chi connectivity index (χ0v) is 35.8. The maximum atomic E-state index is 13.4. The van der Waals surface area contributed by atoms with E-state index in [0.717, 1.165) is 32.5 Å². The van der Waals surface area contributed by atoms with Crippen LogP contribution in [0.4, 0.5) is 0 Å². The topological polar surface area (TPSA) is 451 Å². The molecule has 2 saturated heterocycles. The van der Waals surface area contributed by atoms with Gasteiger partial charge in [-0.2, -0.15) is 11.8 Å². The number of carboxylic acids is 3. The summed E-state index contributed by atoms with van der Waals surface area (Å²) >= 11 is 0.858. The van der Waals surface area contributed by atoms with E-state index in [1.165, 1.54) is 6.92 Å². The lowest BCUT2D eigenvalue weighted by Crippen LogP contribution is -2.70. The molecule has 0 bridgehead atoms. The maximum Gasteiger partial charge on any atom is 0.326 e. The molecule has 6 amide bonds. The molecule has 2 heterocycles. The van der Waals surface area contributed by atoms with Crippen molar-refractivity contribution in [1.82, 2.24) is 31.9 Å². The Morgan fingerprint density at radius 2 is 1.33 bits per heavy atom. The van der Waals surface area contributed by atoms with Gasteiger partial charge in [-0.05, 0) is 20.3 Å². The molecule has 64 heavy (non-hydrogen) atoms. The second-order valence-corrected chi connectivity index (χ2v) is 15.7. The van der Waals surface area contributed by atoms with E-state index >= 15 is 0 Å². The van der Waals surface area contributed by atoms with Gasteiger partial charge in [0.2, 0.25) is 35.4 Å². The maximum absolute atomic E-state index is 13.4. The van der Waals surface area contributed by atoms with E-state index in [4.69, 9.17) is 34.9 Å². The highest BCUT2D eigenvalue weighted by Crippen LogP contribution is 2.31. The third-order valence-corrected chi connectivity index (χ3v) is 10.6. The molecule has 0 saturated carbocycles. The minimum absolute atomic E-state index is 0.182. The van der Waals surface area contributed by atoms with Crippen LogP contribution < -0.4 is 37.6 Å². The Kier molecular flexibility index (Phi) is 22.7. The molecule has 0 radical (unpaired) electrons. The molecule has 2 rings (SSSR count). The monoisotopic (exact) mass is 943 g/mol. The molecule has 0 aliphatic carbocycles. The minimum atomic E-state index is -1.90. The van der Waals surface area contributed by atoms with Crippen LogP contribution in [0.1, 0.15) is 40.5 Å². The Hall–Kier alpha value is -4.82. The summed E-state index contributed by atoms with van der Waals surface area (Å²) in [6.07, 6.45) is -16.1. The van der Waals surface area contributed by atoms with Crippen LogP contribution in [0.25, 0.3) is 0 Å². The molecule has 364 valence electrons. The van der Waals surface area contributed by atoms with E-state index in [-0.39, 0.29) is 11.5 Å². The van der Waals surface area contributed by atoms with Crippen molar-refractivity contribution in [1.29, 1.82) is 0 Å². The first-order chi connectivity index (χ1) is 29.9. The summed E-state index contributed by atoms with van der Waals surface area (Å²) in [5, 5.41) is 93.2. The lowest BCUT2D eigenvalue weighted by molar-refractivity contribution is -0.333. The lowest BCUT2D eigenvalue weighted by Gasteiger charge is -2.48. The molecule has 16 N–H and O–H groups in total. The van der Waals surface area contributed by atoms with Gasteiger partial charge in [0.05, 0.1) is 13.2 Å². The van der Waals surface area contributed by atoms with Gasteiger partial charge in [-0.15, -0.1) is 0 Å². The van der Waals surface area contributed by atoms with Gasteiger partial charge in [-0.1, -0.05) is 0 Å². The molecular formula is C35H57N7O21S. The van der Waals surface area contributed by atoms with Crippen LogP contribution in [0.15, 0.2) is 0 Å². The Balaban J connectivity index is 2.20. The Morgan fingerprint density at radius 3 is 1.88 bits per heavy atom. The summed E-state index contributed by atoms with van der Waals surface area (Å²) < 4.78 is 23.1. The molecule has 15 atom stereocenters. The molecule has 0 aromatic rings.